The number of carbonyl (C=O) groups excluding carboxylic acids is 2. The zero-order valence-electron chi connectivity index (χ0n) is 13.6. The largest absolute Gasteiger partial charge is 0.324 e. The number of anilines is 2. The average Bonchev–Trinajstić information content (AvgIpc) is 3.14. The molecule has 2 aliphatic heterocycles. The summed E-state index contributed by atoms with van der Waals surface area (Å²) in [5, 5.41) is 6.39. The van der Waals surface area contributed by atoms with Crippen LogP contribution >= 0.6 is 12.4 Å². The van der Waals surface area contributed by atoms with Gasteiger partial charge in [-0.2, -0.15) is 0 Å². The van der Waals surface area contributed by atoms with E-state index in [1.807, 2.05) is 25.1 Å². The standard InChI is InChI=1S/C17H23N3O2.ClH/c1-3-17(8-4-9-18-17)16(22)19-14-5-6-15-13(11-14)7-10-20(15)12(2)21;/h5-6,11,18H,3-4,7-10H2,1-2H3,(H,19,22);1H. The molecule has 126 valence electrons. The minimum atomic E-state index is -0.426. The Bertz CT molecular complexity index is 612. The molecule has 0 spiro atoms. The first-order valence-corrected chi connectivity index (χ1v) is 8.03. The average molecular weight is 338 g/mol. The van der Waals surface area contributed by atoms with E-state index < -0.39 is 5.54 Å². The molecule has 1 aromatic carbocycles. The van der Waals surface area contributed by atoms with E-state index >= 15 is 0 Å². The molecule has 23 heavy (non-hydrogen) atoms. The van der Waals surface area contributed by atoms with Crippen molar-refractivity contribution >= 4 is 35.6 Å². The van der Waals surface area contributed by atoms with Crippen LogP contribution in [0.25, 0.3) is 0 Å². The summed E-state index contributed by atoms with van der Waals surface area (Å²) in [5.74, 6) is 0.115. The van der Waals surface area contributed by atoms with E-state index in [9.17, 15) is 9.59 Å². The second kappa shape index (κ2) is 6.89. The zero-order chi connectivity index (χ0) is 15.7. The molecule has 6 heteroatoms. The van der Waals surface area contributed by atoms with Gasteiger partial charge in [0.05, 0.1) is 5.54 Å². The molecule has 0 radical (unpaired) electrons. The highest BCUT2D eigenvalue weighted by Gasteiger charge is 2.39. The van der Waals surface area contributed by atoms with Crippen molar-refractivity contribution in [2.75, 3.05) is 23.3 Å². The number of nitrogens with zero attached hydrogens (tertiary/aromatic N) is 1. The number of hydrogen-bond acceptors (Lipinski definition) is 3. The van der Waals surface area contributed by atoms with Gasteiger partial charge in [0.25, 0.3) is 0 Å². The Hall–Kier alpha value is -1.59. The summed E-state index contributed by atoms with van der Waals surface area (Å²) in [6, 6.07) is 5.81. The predicted molar refractivity (Wildman–Crippen MR) is 94.3 cm³/mol. The van der Waals surface area contributed by atoms with Gasteiger partial charge in [-0.1, -0.05) is 6.92 Å². The van der Waals surface area contributed by atoms with Gasteiger partial charge in [-0.05, 0) is 56.0 Å². The number of fused-ring (bicyclic) bond motifs is 1. The first-order chi connectivity index (χ1) is 10.6. The second-order valence-electron chi connectivity index (χ2n) is 6.18. The van der Waals surface area contributed by atoms with E-state index in [4.69, 9.17) is 0 Å². The highest BCUT2D eigenvalue weighted by atomic mass is 35.5. The van der Waals surface area contributed by atoms with Crippen LogP contribution in [0.1, 0.15) is 38.7 Å². The highest BCUT2D eigenvalue weighted by Crippen LogP contribution is 2.31. The Morgan fingerprint density at radius 3 is 2.78 bits per heavy atom. The molecule has 3 rings (SSSR count). The fraction of sp³-hybridized carbons (Fsp3) is 0.529. The number of halogens is 1. The smallest absolute Gasteiger partial charge is 0.244 e. The molecular weight excluding hydrogens is 314 g/mol. The maximum Gasteiger partial charge on any atom is 0.244 e. The molecule has 2 amide bonds. The van der Waals surface area contributed by atoms with Gasteiger partial charge in [-0.3, -0.25) is 9.59 Å². The Labute approximate surface area is 143 Å². The zero-order valence-corrected chi connectivity index (χ0v) is 14.5. The molecular formula is C17H24ClN3O2. The molecule has 2 heterocycles. The topological polar surface area (TPSA) is 61.4 Å². The molecule has 1 unspecified atom stereocenters. The Balaban J connectivity index is 0.00000192. The lowest BCUT2D eigenvalue weighted by atomic mass is 9.93. The summed E-state index contributed by atoms with van der Waals surface area (Å²) >= 11 is 0. The maximum absolute atomic E-state index is 12.6. The fourth-order valence-electron chi connectivity index (χ4n) is 3.52. The number of hydrogen-bond donors (Lipinski definition) is 2. The minimum absolute atomic E-state index is 0. The molecule has 1 atom stereocenters. The first kappa shape index (κ1) is 17.8. The number of benzene rings is 1. The molecule has 0 bridgehead atoms. The summed E-state index contributed by atoms with van der Waals surface area (Å²) in [4.78, 5) is 26.0. The molecule has 1 saturated heterocycles. The predicted octanol–water partition coefficient (Wildman–Crippen LogP) is 2.49. The van der Waals surface area contributed by atoms with Gasteiger partial charge in [-0.25, -0.2) is 0 Å². The summed E-state index contributed by atoms with van der Waals surface area (Å²) in [5.41, 5.74) is 2.48. The Morgan fingerprint density at radius 1 is 1.39 bits per heavy atom. The van der Waals surface area contributed by atoms with Crippen LogP contribution in [0.15, 0.2) is 18.2 Å². The number of carbonyl (C=O) groups is 2. The van der Waals surface area contributed by atoms with Crippen LogP contribution < -0.4 is 15.5 Å². The normalized spacial score (nSPS) is 22.4. The lowest BCUT2D eigenvalue weighted by Crippen LogP contribution is -2.50. The molecule has 0 aromatic heterocycles. The van der Waals surface area contributed by atoms with Crippen molar-refractivity contribution in [1.29, 1.82) is 0 Å². The summed E-state index contributed by atoms with van der Waals surface area (Å²) in [6.45, 7) is 5.26. The maximum atomic E-state index is 12.6. The van der Waals surface area contributed by atoms with Gasteiger partial charge in [-0.15, -0.1) is 12.4 Å². The third-order valence-electron chi connectivity index (χ3n) is 4.89. The third kappa shape index (κ3) is 3.21. The number of amides is 2. The summed E-state index contributed by atoms with van der Waals surface area (Å²) in [6.07, 6.45) is 3.56. The highest BCUT2D eigenvalue weighted by molar-refractivity contribution is 5.99. The monoisotopic (exact) mass is 337 g/mol. The van der Waals surface area contributed by atoms with Gasteiger partial charge in [0.15, 0.2) is 0 Å². The van der Waals surface area contributed by atoms with Gasteiger partial charge >= 0.3 is 0 Å². The van der Waals surface area contributed by atoms with Crippen molar-refractivity contribution < 1.29 is 9.59 Å². The minimum Gasteiger partial charge on any atom is -0.324 e. The van der Waals surface area contributed by atoms with E-state index in [0.29, 0.717) is 0 Å². The van der Waals surface area contributed by atoms with Crippen molar-refractivity contribution in [2.24, 2.45) is 0 Å². The molecule has 0 saturated carbocycles. The Morgan fingerprint density at radius 2 is 2.17 bits per heavy atom. The molecule has 2 N–H and O–H groups in total. The lowest BCUT2D eigenvalue weighted by Gasteiger charge is -2.26. The van der Waals surface area contributed by atoms with Crippen LogP contribution in [0, 0.1) is 0 Å². The SMILES string of the molecule is CCC1(C(=O)Nc2ccc3c(c2)CCN3C(C)=O)CCCN1.Cl. The van der Waals surface area contributed by atoms with Crippen LogP contribution in [-0.2, 0) is 16.0 Å². The molecule has 5 nitrogen and oxygen atoms in total. The Kier molecular flexibility index (Phi) is 5.32. The van der Waals surface area contributed by atoms with Crippen molar-refractivity contribution in [2.45, 2.75) is 45.1 Å². The molecule has 2 aliphatic rings. The first-order valence-electron chi connectivity index (χ1n) is 8.03. The van der Waals surface area contributed by atoms with Gasteiger partial charge < -0.3 is 15.5 Å². The summed E-state index contributed by atoms with van der Waals surface area (Å²) in [7, 11) is 0. The van der Waals surface area contributed by atoms with E-state index in [1.54, 1.807) is 11.8 Å². The lowest BCUT2D eigenvalue weighted by molar-refractivity contribution is -0.122. The van der Waals surface area contributed by atoms with E-state index in [-0.39, 0.29) is 24.2 Å². The van der Waals surface area contributed by atoms with Gasteiger partial charge in [0.1, 0.15) is 0 Å². The van der Waals surface area contributed by atoms with Crippen LogP contribution in [-0.4, -0.2) is 30.4 Å². The van der Waals surface area contributed by atoms with Crippen LogP contribution in [0.2, 0.25) is 0 Å². The molecule has 1 fully saturated rings. The van der Waals surface area contributed by atoms with Crippen LogP contribution in [0.5, 0.6) is 0 Å². The van der Waals surface area contributed by atoms with Gasteiger partial charge in [0.2, 0.25) is 11.8 Å². The molecule has 0 aliphatic carbocycles. The fourth-order valence-corrected chi connectivity index (χ4v) is 3.52. The van der Waals surface area contributed by atoms with E-state index in [2.05, 4.69) is 10.6 Å². The van der Waals surface area contributed by atoms with Crippen LogP contribution in [0.3, 0.4) is 0 Å². The van der Waals surface area contributed by atoms with Crippen molar-refractivity contribution in [1.82, 2.24) is 5.32 Å². The summed E-state index contributed by atoms with van der Waals surface area (Å²) < 4.78 is 0. The molecule has 1 aromatic rings. The van der Waals surface area contributed by atoms with Crippen molar-refractivity contribution in [3.63, 3.8) is 0 Å². The van der Waals surface area contributed by atoms with E-state index in [1.165, 1.54) is 0 Å². The third-order valence-corrected chi connectivity index (χ3v) is 4.89. The van der Waals surface area contributed by atoms with Crippen LogP contribution in [0.4, 0.5) is 11.4 Å². The van der Waals surface area contributed by atoms with E-state index in [0.717, 1.165) is 55.7 Å². The number of nitrogens with one attached hydrogen (secondary N) is 2. The quantitative estimate of drug-likeness (QED) is 0.890. The van der Waals surface area contributed by atoms with Crippen molar-refractivity contribution in [3.05, 3.63) is 23.8 Å². The van der Waals surface area contributed by atoms with Gasteiger partial charge in [0, 0.05) is 24.8 Å². The second-order valence-corrected chi connectivity index (χ2v) is 6.18. The van der Waals surface area contributed by atoms with Crippen molar-refractivity contribution in [3.8, 4) is 0 Å². The number of rotatable bonds is 3.